The predicted molar refractivity (Wildman–Crippen MR) is 202 cm³/mol. The van der Waals surface area contributed by atoms with Crippen molar-refractivity contribution >= 4 is 18.0 Å². The summed E-state index contributed by atoms with van der Waals surface area (Å²) in [5.41, 5.74) is 6.35. The third kappa shape index (κ3) is 7.46. The standard InChI is InChI=1S/C45H41N3O3/c49-43(36-25-28-40(29-26-36)47-44(50)51-32-34-15-5-1-6-16-34)30-27-35-17-13-14-24-41(35)42-31-48(33-46-42)45(37-18-7-2-8-19-37,38-20-9-3-10-21-38)39-22-11-4-12-23-39/h1-24,27,30-31,33,36,40H,25-26,28-29,32H2,(H,47,50)/b30-27+. The van der Waals surface area contributed by atoms with Crippen molar-refractivity contribution < 1.29 is 14.3 Å². The van der Waals surface area contributed by atoms with E-state index >= 15 is 0 Å². The van der Waals surface area contributed by atoms with Gasteiger partial charge in [0.05, 0.1) is 12.0 Å². The molecule has 0 bridgehead atoms. The van der Waals surface area contributed by atoms with Gasteiger partial charge in [-0.1, -0.05) is 152 Å². The van der Waals surface area contributed by atoms with E-state index in [-0.39, 0.29) is 24.3 Å². The highest BCUT2D eigenvalue weighted by molar-refractivity contribution is 5.96. The van der Waals surface area contributed by atoms with Crippen molar-refractivity contribution in [3.05, 3.63) is 192 Å². The Morgan fingerprint density at radius 2 is 1.24 bits per heavy atom. The van der Waals surface area contributed by atoms with Gasteiger partial charge in [0.15, 0.2) is 5.78 Å². The normalized spacial score (nSPS) is 16.1. The van der Waals surface area contributed by atoms with Gasteiger partial charge in [-0.2, -0.15) is 0 Å². The lowest BCUT2D eigenvalue weighted by molar-refractivity contribution is -0.119. The van der Waals surface area contributed by atoms with Gasteiger partial charge in [-0.15, -0.1) is 0 Å². The molecule has 1 saturated carbocycles. The first kappa shape index (κ1) is 33.5. The molecule has 0 aliphatic heterocycles. The number of carbonyl (C=O) groups is 2. The minimum atomic E-state index is -0.665. The van der Waals surface area contributed by atoms with Crippen LogP contribution < -0.4 is 5.32 Å². The molecular weight excluding hydrogens is 631 g/mol. The van der Waals surface area contributed by atoms with Crippen molar-refractivity contribution in [2.24, 2.45) is 5.92 Å². The predicted octanol–water partition coefficient (Wildman–Crippen LogP) is 9.46. The summed E-state index contributed by atoms with van der Waals surface area (Å²) in [7, 11) is 0. The van der Waals surface area contributed by atoms with E-state index in [0.29, 0.717) is 0 Å². The summed E-state index contributed by atoms with van der Waals surface area (Å²) < 4.78 is 7.60. The van der Waals surface area contributed by atoms with Gasteiger partial charge in [-0.3, -0.25) is 4.79 Å². The van der Waals surface area contributed by atoms with E-state index < -0.39 is 11.6 Å². The van der Waals surface area contributed by atoms with Crippen LogP contribution in [0.15, 0.2) is 164 Å². The maximum Gasteiger partial charge on any atom is 0.407 e. The van der Waals surface area contributed by atoms with Crippen LogP contribution in [-0.2, 0) is 21.7 Å². The Labute approximate surface area is 299 Å². The van der Waals surface area contributed by atoms with Gasteiger partial charge < -0.3 is 14.6 Å². The maximum atomic E-state index is 13.4. The van der Waals surface area contributed by atoms with Gasteiger partial charge >= 0.3 is 6.09 Å². The van der Waals surface area contributed by atoms with Gasteiger partial charge in [0.2, 0.25) is 0 Å². The van der Waals surface area contributed by atoms with E-state index in [1.807, 2.05) is 79.1 Å². The second-order valence-electron chi connectivity index (χ2n) is 13.1. The van der Waals surface area contributed by atoms with E-state index in [1.54, 1.807) is 6.08 Å². The first-order valence-electron chi connectivity index (χ1n) is 17.6. The minimum Gasteiger partial charge on any atom is -0.445 e. The van der Waals surface area contributed by atoms with Crippen LogP contribution in [0, 0.1) is 5.92 Å². The Morgan fingerprint density at radius 1 is 0.706 bits per heavy atom. The highest BCUT2D eigenvalue weighted by atomic mass is 16.5. The summed E-state index contributed by atoms with van der Waals surface area (Å²) in [5.74, 6) is 0.0333. The van der Waals surface area contributed by atoms with Crippen molar-refractivity contribution in [3.63, 3.8) is 0 Å². The number of aromatic nitrogens is 2. The number of ketones is 1. The number of hydrogen-bond acceptors (Lipinski definition) is 4. The number of amides is 1. The van der Waals surface area contributed by atoms with Gasteiger partial charge in [0.1, 0.15) is 12.1 Å². The molecule has 0 saturated heterocycles. The molecule has 0 unspecified atom stereocenters. The third-order valence-corrected chi connectivity index (χ3v) is 9.87. The fourth-order valence-corrected chi connectivity index (χ4v) is 7.27. The summed E-state index contributed by atoms with van der Waals surface area (Å²) >= 11 is 0. The second-order valence-corrected chi connectivity index (χ2v) is 13.1. The number of alkyl carbamates (subject to hydrolysis) is 1. The van der Waals surface area contributed by atoms with Gasteiger partial charge in [-0.05, 0) is 59.6 Å². The number of benzene rings is 5. The fraction of sp³-hybridized carbons (Fsp3) is 0.178. The van der Waals surface area contributed by atoms with Gasteiger partial charge in [-0.25, -0.2) is 9.78 Å². The summed E-state index contributed by atoms with van der Waals surface area (Å²) in [4.78, 5) is 30.7. The number of hydrogen-bond donors (Lipinski definition) is 1. The molecule has 1 amide bonds. The van der Waals surface area contributed by atoms with Crippen LogP contribution in [0.4, 0.5) is 4.79 Å². The molecule has 1 heterocycles. The maximum absolute atomic E-state index is 13.4. The van der Waals surface area contributed by atoms with E-state index in [4.69, 9.17) is 9.72 Å². The van der Waals surface area contributed by atoms with Crippen LogP contribution in [0.2, 0.25) is 0 Å². The van der Waals surface area contributed by atoms with E-state index in [2.05, 4.69) is 94.9 Å². The molecule has 6 nitrogen and oxygen atoms in total. The molecule has 1 fully saturated rings. The molecule has 6 heteroatoms. The Morgan fingerprint density at radius 3 is 1.82 bits per heavy atom. The molecule has 5 aromatic carbocycles. The number of carbonyl (C=O) groups excluding carboxylic acids is 2. The molecule has 0 spiro atoms. The first-order valence-corrected chi connectivity index (χ1v) is 17.6. The van der Waals surface area contributed by atoms with Crippen LogP contribution in [0.1, 0.15) is 53.5 Å². The van der Waals surface area contributed by atoms with E-state index in [1.165, 1.54) is 0 Å². The molecule has 254 valence electrons. The van der Waals surface area contributed by atoms with Crippen molar-refractivity contribution in [1.82, 2.24) is 14.9 Å². The molecule has 1 aromatic heterocycles. The molecule has 1 aliphatic carbocycles. The molecule has 1 N–H and O–H groups in total. The number of imidazole rings is 1. The highest BCUT2D eigenvalue weighted by Gasteiger charge is 2.38. The Kier molecular flexibility index (Phi) is 10.3. The van der Waals surface area contributed by atoms with Crippen LogP contribution >= 0.6 is 0 Å². The average Bonchev–Trinajstić information content (AvgIpc) is 3.69. The molecule has 6 aromatic rings. The topological polar surface area (TPSA) is 73.2 Å². The summed E-state index contributed by atoms with van der Waals surface area (Å²) in [6.45, 7) is 0.237. The molecule has 0 atom stereocenters. The first-order chi connectivity index (χ1) is 25.1. The number of nitrogens with zero attached hydrogens (tertiary/aromatic N) is 2. The molecule has 51 heavy (non-hydrogen) atoms. The number of rotatable bonds is 11. The quantitative estimate of drug-likeness (QED) is 0.110. The Bertz CT molecular complexity index is 1970. The Balaban J connectivity index is 1.08. The van der Waals surface area contributed by atoms with E-state index in [0.717, 1.165) is 64.8 Å². The number of nitrogens with one attached hydrogen (secondary N) is 1. The Hall–Kier alpha value is -6.01. The molecule has 1 aliphatic rings. The van der Waals surface area contributed by atoms with Gasteiger partial charge in [0.25, 0.3) is 0 Å². The van der Waals surface area contributed by atoms with Crippen molar-refractivity contribution in [2.45, 2.75) is 43.9 Å². The van der Waals surface area contributed by atoms with Crippen LogP contribution in [0.5, 0.6) is 0 Å². The monoisotopic (exact) mass is 671 g/mol. The third-order valence-electron chi connectivity index (χ3n) is 9.87. The second kappa shape index (κ2) is 15.7. The zero-order valence-electron chi connectivity index (χ0n) is 28.5. The van der Waals surface area contributed by atoms with Gasteiger partial charge in [0, 0.05) is 23.7 Å². The highest BCUT2D eigenvalue weighted by Crippen LogP contribution is 2.41. The van der Waals surface area contributed by atoms with Crippen LogP contribution in [0.25, 0.3) is 17.3 Å². The SMILES string of the molecule is O=C(NC1CCC(C(=O)/C=C/c2ccccc2-c2cn(C(c3ccccc3)(c3ccccc3)c3ccccc3)cn2)CC1)OCc1ccccc1. The largest absolute Gasteiger partial charge is 0.445 e. The number of allylic oxidation sites excluding steroid dienone is 1. The lowest BCUT2D eigenvalue weighted by Crippen LogP contribution is -2.38. The minimum absolute atomic E-state index is 0.00641. The van der Waals surface area contributed by atoms with Crippen LogP contribution in [-0.4, -0.2) is 27.5 Å². The fourth-order valence-electron chi connectivity index (χ4n) is 7.27. The summed E-state index contributed by atoms with van der Waals surface area (Å²) in [6, 6.07) is 49.3. The van der Waals surface area contributed by atoms with E-state index in [9.17, 15) is 9.59 Å². The van der Waals surface area contributed by atoms with Crippen molar-refractivity contribution in [2.75, 3.05) is 0 Å². The summed E-state index contributed by atoms with van der Waals surface area (Å²) in [6.07, 6.45) is 10.2. The lowest BCUT2D eigenvalue weighted by Gasteiger charge is -2.37. The molecular formula is C45H41N3O3. The summed E-state index contributed by atoms with van der Waals surface area (Å²) in [5, 5.41) is 2.98. The zero-order chi connectivity index (χ0) is 34.9. The average molecular weight is 672 g/mol. The smallest absolute Gasteiger partial charge is 0.407 e. The number of ether oxygens (including phenoxy) is 1. The lowest BCUT2D eigenvalue weighted by atomic mass is 9.77. The zero-order valence-corrected chi connectivity index (χ0v) is 28.5. The van der Waals surface area contributed by atoms with Crippen molar-refractivity contribution in [1.29, 1.82) is 0 Å². The molecule has 7 rings (SSSR count). The van der Waals surface area contributed by atoms with Crippen LogP contribution in [0.3, 0.4) is 0 Å². The van der Waals surface area contributed by atoms with Crippen molar-refractivity contribution in [3.8, 4) is 11.3 Å². The molecule has 0 radical (unpaired) electrons.